The van der Waals surface area contributed by atoms with Crippen molar-refractivity contribution < 1.29 is 9.59 Å². The molecule has 0 bridgehead atoms. The van der Waals surface area contributed by atoms with Gasteiger partial charge in [-0.15, -0.1) is 0 Å². The molecule has 116 valence electrons. The van der Waals surface area contributed by atoms with Gasteiger partial charge in [0.1, 0.15) is 0 Å². The predicted octanol–water partition coefficient (Wildman–Crippen LogP) is 2.54. The second-order valence-corrected chi connectivity index (χ2v) is 6.61. The van der Waals surface area contributed by atoms with Crippen LogP contribution in [-0.2, 0) is 9.59 Å². The Bertz CT molecular complexity index is 438. The van der Waals surface area contributed by atoms with Crippen molar-refractivity contribution in [3.8, 4) is 0 Å². The van der Waals surface area contributed by atoms with Crippen LogP contribution in [-0.4, -0.2) is 35.3 Å². The van der Waals surface area contributed by atoms with E-state index in [0.29, 0.717) is 6.42 Å². The molecular formula is C17H26N2O2. The molecule has 1 saturated heterocycles. The highest BCUT2D eigenvalue weighted by molar-refractivity contribution is 6.05. The second kappa shape index (κ2) is 6.73. The second-order valence-electron chi connectivity index (χ2n) is 6.61. The van der Waals surface area contributed by atoms with E-state index in [2.05, 4.69) is 11.4 Å². The molecule has 0 radical (unpaired) electrons. The van der Waals surface area contributed by atoms with Gasteiger partial charge in [0, 0.05) is 6.04 Å². The minimum absolute atomic E-state index is 0.0181. The van der Waals surface area contributed by atoms with E-state index in [1.807, 2.05) is 0 Å². The molecule has 0 spiro atoms. The molecule has 4 heteroatoms. The monoisotopic (exact) mass is 290 g/mol. The molecule has 0 aromatic rings. The van der Waals surface area contributed by atoms with Crippen molar-refractivity contribution in [1.29, 1.82) is 0 Å². The molecule has 0 aromatic heterocycles. The predicted molar refractivity (Wildman–Crippen MR) is 81.7 cm³/mol. The molecule has 3 rings (SSSR count). The molecule has 1 saturated carbocycles. The fourth-order valence-electron chi connectivity index (χ4n) is 3.90. The van der Waals surface area contributed by atoms with Crippen LogP contribution in [0.25, 0.3) is 0 Å². The number of allylic oxidation sites excluding steroid dienone is 1. The summed E-state index contributed by atoms with van der Waals surface area (Å²) < 4.78 is 0. The van der Waals surface area contributed by atoms with Crippen molar-refractivity contribution >= 4 is 11.8 Å². The minimum Gasteiger partial charge on any atom is -0.305 e. The summed E-state index contributed by atoms with van der Waals surface area (Å²) in [6.07, 6.45) is 13.0. The normalized spacial score (nSPS) is 27.5. The lowest BCUT2D eigenvalue weighted by Crippen LogP contribution is -2.43. The van der Waals surface area contributed by atoms with Gasteiger partial charge in [-0.25, -0.2) is 0 Å². The van der Waals surface area contributed by atoms with Crippen LogP contribution >= 0.6 is 0 Å². The van der Waals surface area contributed by atoms with E-state index in [1.54, 1.807) is 4.90 Å². The van der Waals surface area contributed by atoms with Crippen LogP contribution in [0.5, 0.6) is 0 Å². The lowest BCUT2D eigenvalue weighted by Gasteiger charge is -2.22. The summed E-state index contributed by atoms with van der Waals surface area (Å²) in [6.45, 7) is 0.814. The van der Waals surface area contributed by atoms with Crippen LogP contribution in [0.1, 0.15) is 64.2 Å². The fraction of sp³-hybridized carbons (Fsp3) is 0.765. The van der Waals surface area contributed by atoms with E-state index in [4.69, 9.17) is 0 Å². The molecule has 4 nitrogen and oxygen atoms in total. The first-order valence-corrected chi connectivity index (χ1v) is 8.53. The Balaban J connectivity index is 1.48. The smallest absolute Gasteiger partial charge is 0.247 e. The Kier molecular flexibility index (Phi) is 4.73. The summed E-state index contributed by atoms with van der Waals surface area (Å²) in [7, 11) is 0. The molecule has 1 heterocycles. The Hall–Kier alpha value is -1.16. The maximum Gasteiger partial charge on any atom is 0.247 e. The number of likely N-dealkylation sites (tertiary alicyclic amines) is 1. The average Bonchev–Trinajstić information content (AvgIpc) is 3.09. The summed E-state index contributed by atoms with van der Waals surface area (Å²) in [5.74, 6) is 0.0470. The van der Waals surface area contributed by atoms with Gasteiger partial charge in [-0.3, -0.25) is 14.5 Å². The van der Waals surface area contributed by atoms with Crippen molar-refractivity contribution in [2.24, 2.45) is 0 Å². The van der Waals surface area contributed by atoms with Crippen molar-refractivity contribution in [2.45, 2.75) is 76.3 Å². The van der Waals surface area contributed by atoms with Gasteiger partial charge in [-0.05, 0) is 51.5 Å². The van der Waals surface area contributed by atoms with Gasteiger partial charge in [0.05, 0.1) is 12.5 Å². The van der Waals surface area contributed by atoms with Gasteiger partial charge in [0.15, 0.2) is 0 Å². The molecule has 21 heavy (non-hydrogen) atoms. The molecule has 1 aliphatic heterocycles. The summed E-state index contributed by atoms with van der Waals surface area (Å²) in [5, 5.41) is 3.31. The average molecular weight is 290 g/mol. The highest BCUT2D eigenvalue weighted by Gasteiger charge is 2.42. The molecule has 2 fully saturated rings. The minimum atomic E-state index is -0.276. The molecular weight excluding hydrogens is 264 g/mol. The van der Waals surface area contributed by atoms with E-state index in [-0.39, 0.29) is 23.9 Å². The number of carbonyl (C=O) groups is 2. The zero-order valence-corrected chi connectivity index (χ0v) is 12.8. The van der Waals surface area contributed by atoms with Crippen molar-refractivity contribution in [3.05, 3.63) is 11.6 Å². The molecule has 0 aromatic carbocycles. The zero-order valence-electron chi connectivity index (χ0n) is 12.8. The summed E-state index contributed by atoms with van der Waals surface area (Å²) in [4.78, 5) is 26.1. The van der Waals surface area contributed by atoms with Crippen LogP contribution in [0, 0.1) is 0 Å². The number of hydrogen-bond acceptors (Lipinski definition) is 3. The molecule has 1 atom stereocenters. The van der Waals surface area contributed by atoms with Gasteiger partial charge in [-0.1, -0.05) is 24.5 Å². The molecule has 1 N–H and O–H groups in total. The molecule has 1 unspecified atom stereocenters. The number of rotatable bonds is 5. The third kappa shape index (κ3) is 3.37. The van der Waals surface area contributed by atoms with Gasteiger partial charge in [0.2, 0.25) is 11.8 Å². The van der Waals surface area contributed by atoms with Crippen LogP contribution in [0.3, 0.4) is 0 Å². The third-order valence-electron chi connectivity index (χ3n) is 5.09. The number of nitrogens with zero attached hydrogens (tertiary/aromatic N) is 1. The van der Waals surface area contributed by atoms with Gasteiger partial charge < -0.3 is 5.32 Å². The highest BCUT2D eigenvalue weighted by Crippen LogP contribution is 2.28. The zero-order chi connectivity index (χ0) is 14.7. The first-order valence-electron chi connectivity index (χ1n) is 8.53. The lowest BCUT2D eigenvalue weighted by molar-refractivity contribution is -0.141. The van der Waals surface area contributed by atoms with Crippen LogP contribution < -0.4 is 5.32 Å². The number of carbonyl (C=O) groups excluding carboxylic acids is 2. The lowest BCUT2D eigenvalue weighted by atomic mass is 9.97. The van der Waals surface area contributed by atoms with E-state index in [0.717, 1.165) is 38.6 Å². The van der Waals surface area contributed by atoms with E-state index in [1.165, 1.54) is 31.3 Å². The standard InChI is InChI=1S/C17H26N2O2/c20-16-12-15(17(21)19(16)14-8-4-5-9-14)18-11-10-13-6-2-1-3-7-13/h6,14-15,18H,1-5,7-12H2. The van der Waals surface area contributed by atoms with Gasteiger partial charge in [-0.2, -0.15) is 0 Å². The van der Waals surface area contributed by atoms with E-state index >= 15 is 0 Å². The van der Waals surface area contributed by atoms with Crippen LogP contribution in [0.2, 0.25) is 0 Å². The van der Waals surface area contributed by atoms with Crippen molar-refractivity contribution in [3.63, 3.8) is 0 Å². The Labute approximate surface area is 127 Å². The number of hydrogen-bond donors (Lipinski definition) is 1. The van der Waals surface area contributed by atoms with Crippen LogP contribution in [0.15, 0.2) is 11.6 Å². The maximum atomic E-state index is 12.4. The Morgan fingerprint density at radius 3 is 2.67 bits per heavy atom. The topological polar surface area (TPSA) is 49.4 Å². The van der Waals surface area contributed by atoms with Gasteiger partial charge >= 0.3 is 0 Å². The molecule has 2 aliphatic carbocycles. The molecule has 3 aliphatic rings. The first kappa shape index (κ1) is 14.8. The Morgan fingerprint density at radius 1 is 1.14 bits per heavy atom. The molecule has 2 amide bonds. The quantitative estimate of drug-likeness (QED) is 0.625. The van der Waals surface area contributed by atoms with Crippen molar-refractivity contribution in [2.75, 3.05) is 6.54 Å². The number of imide groups is 1. The maximum absolute atomic E-state index is 12.4. The first-order chi connectivity index (χ1) is 10.3. The number of amides is 2. The summed E-state index contributed by atoms with van der Waals surface area (Å²) in [6, 6.07) is -0.0971. The van der Waals surface area contributed by atoms with E-state index in [9.17, 15) is 9.59 Å². The Morgan fingerprint density at radius 2 is 1.95 bits per heavy atom. The SMILES string of the molecule is O=C1CC(NCCC2=CCCCC2)C(=O)N1C1CCCC1. The largest absolute Gasteiger partial charge is 0.305 e. The fourth-order valence-corrected chi connectivity index (χ4v) is 3.90. The van der Waals surface area contributed by atoms with E-state index < -0.39 is 0 Å². The van der Waals surface area contributed by atoms with Crippen molar-refractivity contribution in [1.82, 2.24) is 10.2 Å². The third-order valence-corrected chi connectivity index (χ3v) is 5.09. The number of nitrogens with one attached hydrogen (secondary N) is 1. The summed E-state index contributed by atoms with van der Waals surface area (Å²) in [5.41, 5.74) is 1.51. The summed E-state index contributed by atoms with van der Waals surface area (Å²) >= 11 is 0. The highest BCUT2D eigenvalue weighted by atomic mass is 16.2. The van der Waals surface area contributed by atoms with Crippen LogP contribution in [0.4, 0.5) is 0 Å². The van der Waals surface area contributed by atoms with Gasteiger partial charge in [0.25, 0.3) is 0 Å².